The monoisotopic (exact) mass is 310 g/mol. The van der Waals surface area contributed by atoms with Gasteiger partial charge in [-0.05, 0) is 31.7 Å². The Balaban J connectivity index is 1.73. The van der Waals surface area contributed by atoms with E-state index in [1.165, 1.54) is 12.1 Å². The standard InChI is InChI=1S/C18H18N2O3/c1-13(18-11-15-5-3-4-6-17(15)23-18)19(2)12-14-7-9-16(10-8-14)20(21)22/h3-11,13H,12H2,1-2H3. The van der Waals surface area contributed by atoms with Gasteiger partial charge in [-0.1, -0.05) is 30.3 Å². The van der Waals surface area contributed by atoms with E-state index in [1.54, 1.807) is 12.1 Å². The van der Waals surface area contributed by atoms with E-state index < -0.39 is 0 Å². The maximum Gasteiger partial charge on any atom is 0.269 e. The van der Waals surface area contributed by atoms with Gasteiger partial charge < -0.3 is 4.42 Å². The summed E-state index contributed by atoms with van der Waals surface area (Å²) in [6.07, 6.45) is 0. The molecular weight excluding hydrogens is 292 g/mol. The van der Waals surface area contributed by atoms with E-state index in [4.69, 9.17) is 4.42 Å². The topological polar surface area (TPSA) is 59.5 Å². The zero-order valence-electron chi connectivity index (χ0n) is 13.1. The van der Waals surface area contributed by atoms with Gasteiger partial charge in [0.2, 0.25) is 0 Å². The Kier molecular flexibility index (Phi) is 4.12. The molecule has 5 heteroatoms. The molecule has 23 heavy (non-hydrogen) atoms. The van der Waals surface area contributed by atoms with Crippen LogP contribution in [0.25, 0.3) is 11.0 Å². The molecule has 1 atom stereocenters. The summed E-state index contributed by atoms with van der Waals surface area (Å²) in [4.78, 5) is 12.5. The summed E-state index contributed by atoms with van der Waals surface area (Å²) in [5, 5.41) is 11.8. The highest BCUT2D eigenvalue weighted by Gasteiger charge is 2.16. The van der Waals surface area contributed by atoms with Crippen LogP contribution in [0.3, 0.4) is 0 Å². The zero-order chi connectivity index (χ0) is 16.4. The van der Waals surface area contributed by atoms with E-state index in [9.17, 15) is 10.1 Å². The molecule has 1 heterocycles. The Hall–Kier alpha value is -2.66. The summed E-state index contributed by atoms with van der Waals surface area (Å²) >= 11 is 0. The summed E-state index contributed by atoms with van der Waals surface area (Å²) in [5.41, 5.74) is 2.03. The van der Waals surface area contributed by atoms with Crippen LogP contribution in [-0.4, -0.2) is 16.9 Å². The van der Waals surface area contributed by atoms with Gasteiger partial charge in [-0.25, -0.2) is 0 Å². The summed E-state index contributed by atoms with van der Waals surface area (Å²) in [5.74, 6) is 0.913. The molecule has 1 unspecified atom stereocenters. The fourth-order valence-electron chi connectivity index (χ4n) is 2.57. The Morgan fingerprint density at radius 3 is 2.52 bits per heavy atom. The highest BCUT2D eigenvalue weighted by Crippen LogP contribution is 2.27. The lowest BCUT2D eigenvalue weighted by molar-refractivity contribution is -0.384. The molecule has 0 spiro atoms. The van der Waals surface area contributed by atoms with Crippen LogP contribution in [-0.2, 0) is 6.54 Å². The second-order valence-corrected chi connectivity index (χ2v) is 5.70. The van der Waals surface area contributed by atoms with Gasteiger partial charge in [-0.15, -0.1) is 0 Å². The smallest absolute Gasteiger partial charge is 0.269 e. The number of non-ortho nitro benzene ring substituents is 1. The first kappa shape index (κ1) is 15.2. The molecular formula is C18H18N2O3. The third-order valence-electron chi connectivity index (χ3n) is 4.10. The van der Waals surface area contributed by atoms with Gasteiger partial charge in [0.15, 0.2) is 0 Å². The number of nitrogens with zero attached hydrogens (tertiary/aromatic N) is 2. The van der Waals surface area contributed by atoms with Gasteiger partial charge in [0.05, 0.1) is 11.0 Å². The van der Waals surface area contributed by atoms with Crippen LogP contribution >= 0.6 is 0 Å². The van der Waals surface area contributed by atoms with Gasteiger partial charge in [-0.2, -0.15) is 0 Å². The van der Waals surface area contributed by atoms with Crippen molar-refractivity contribution < 1.29 is 9.34 Å². The van der Waals surface area contributed by atoms with Crippen molar-refractivity contribution in [2.75, 3.05) is 7.05 Å². The number of fused-ring (bicyclic) bond motifs is 1. The molecule has 0 saturated heterocycles. The molecule has 0 bridgehead atoms. The van der Waals surface area contributed by atoms with Crippen molar-refractivity contribution in [3.8, 4) is 0 Å². The van der Waals surface area contributed by atoms with Crippen molar-refractivity contribution in [2.24, 2.45) is 0 Å². The maximum atomic E-state index is 10.7. The highest BCUT2D eigenvalue weighted by atomic mass is 16.6. The fraction of sp³-hybridized carbons (Fsp3) is 0.222. The molecule has 0 aliphatic rings. The van der Waals surface area contributed by atoms with E-state index in [1.807, 2.05) is 31.3 Å². The minimum Gasteiger partial charge on any atom is -0.459 e. The van der Waals surface area contributed by atoms with Gasteiger partial charge >= 0.3 is 0 Å². The largest absolute Gasteiger partial charge is 0.459 e. The van der Waals surface area contributed by atoms with Gasteiger partial charge in [-0.3, -0.25) is 15.0 Å². The zero-order valence-corrected chi connectivity index (χ0v) is 13.1. The van der Waals surface area contributed by atoms with Gasteiger partial charge in [0.1, 0.15) is 11.3 Å². The molecule has 2 aromatic carbocycles. The van der Waals surface area contributed by atoms with Crippen molar-refractivity contribution in [3.05, 3.63) is 76.0 Å². The van der Waals surface area contributed by atoms with Crippen LogP contribution in [0.15, 0.2) is 59.0 Å². The highest BCUT2D eigenvalue weighted by molar-refractivity contribution is 5.77. The third kappa shape index (κ3) is 3.24. The second kappa shape index (κ2) is 6.22. The fourth-order valence-corrected chi connectivity index (χ4v) is 2.57. The summed E-state index contributed by atoms with van der Waals surface area (Å²) in [6, 6.07) is 16.8. The first-order chi connectivity index (χ1) is 11.0. The number of hydrogen-bond acceptors (Lipinski definition) is 4. The first-order valence-electron chi connectivity index (χ1n) is 7.46. The molecule has 118 valence electrons. The number of hydrogen-bond donors (Lipinski definition) is 0. The van der Waals surface area contributed by atoms with Crippen LogP contribution in [0.2, 0.25) is 0 Å². The number of nitro groups is 1. The van der Waals surface area contributed by atoms with Gasteiger partial charge in [0.25, 0.3) is 5.69 Å². The molecule has 0 amide bonds. The number of rotatable bonds is 5. The number of furan rings is 1. The molecule has 0 aliphatic carbocycles. The normalized spacial score (nSPS) is 12.7. The van der Waals surface area contributed by atoms with Crippen LogP contribution in [0.4, 0.5) is 5.69 Å². The number of para-hydroxylation sites is 1. The SMILES string of the molecule is CC(c1cc2ccccc2o1)N(C)Cc1ccc([N+](=O)[O-])cc1. The molecule has 3 aromatic rings. The molecule has 0 saturated carbocycles. The minimum absolute atomic E-state index is 0.109. The molecule has 3 rings (SSSR count). The average molecular weight is 310 g/mol. The second-order valence-electron chi connectivity index (χ2n) is 5.70. The first-order valence-corrected chi connectivity index (χ1v) is 7.46. The Morgan fingerprint density at radius 2 is 1.87 bits per heavy atom. The van der Waals surface area contributed by atoms with Crippen molar-refractivity contribution >= 4 is 16.7 Å². The van der Waals surface area contributed by atoms with Crippen molar-refractivity contribution in [3.63, 3.8) is 0 Å². The summed E-state index contributed by atoms with van der Waals surface area (Å²) in [6.45, 7) is 2.78. The Morgan fingerprint density at radius 1 is 1.17 bits per heavy atom. The number of benzene rings is 2. The Bertz CT molecular complexity index is 791. The van der Waals surface area contributed by atoms with Crippen molar-refractivity contribution in [2.45, 2.75) is 19.5 Å². The Labute approximate surface area is 134 Å². The van der Waals surface area contributed by atoms with Crippen LogP contribution in [0, 0.1) is 10.1 Å². The lowest BCUT2D eigenvalue weighted by Crippen LogP contribution is -2.21. The molecule has 0 radical (unpaired) electrons. The van der Waals surface area contributed by atoms with E-state index in [2.05, 4.69) is 17.9 Å². The average Bonchev–Trinajstić information content (AvgIpc) is 2.98. The van der Waals surface area contributed by atoms with E-state index in [-0.39, 0.29) is 16.7 Å². The maximum absolute atomic E-state index is 10.7. The van der Waals surface area contributed by atoms with Crippen LogP contribution in [0.5, 0.6) is 0 Å². The van der Waals surface area contributed by atoms with Crippen molar-refractivity contribution in [1.29, 1.82) is 0 Å². The molecule has 0 aliphatic heterocycles. The molecule has 0 N–H and O–H groups in total. The van der Waals surface area contributed by atoms with E-state index in [0.717, 1.165) is 22.3 Å². The lowest BCUT2D eigenvalue weighted by Gasteiger charge is -2.22. The van der Waals surface area contributed by atoms with E-state index in [0.29, 0.717) is 6.54 Å². The third-order valence-corrected chi connectivity index (χ3v) is 4.10. The molecule has 5 nitrogen and oxygen atoms in total. The molecule has 1 aromatic heterocycles. The van der Waals surface area contributed by atoms with Crippen molar-refractivity contribution in [1.82, 2.24) is 4.90 Å². The summed E-state index contributed by atoms with van der Waals surface area (Å²) in [7, 11) is 2.01. The quantitative estimate of drug-likeness (QED) is 0.513. The number of nitro benzene ring substituents is 1. The predicted molar refractivity (Wildman–Crippen MR) is 89.2 cm³/mol. The molecule has 0 fully saturated rings. The summed E-state index contributed by atoms with van der Waals surface area (Å²) < 4.78 is 5.91. The minimum atomic E-state index is -0.384. The van der Waals surface area contributed by atoms with Crippen LogP contribution in [0.1, 0.15) is 24.3 Å². The van der Waals surface area contributed by atoms with E-state index >= 15 is 0 Å². The van der Waals surface area contributed by atoms with Crippen LogP contribution < -0.4 is 0 Å². The lowest BCUT2D eigenvalue weighted by atomic mass is 10.1. The predicted octanol–water partition coefficient (Wildman–Crippen LogP) is 4.53. The van der Waals surface area contributed by atoms with Gasteiger partial charge in [0, 0.05) is 24.1 Å².